The molecule has 0 radical (unpaired) electrons. The molecule has 4 rings (SSSR count). The monoisotopic (exact) mass is 485 g/mol. The summed E-state index contributed by atoms with van der Waals surface area (Å²) in [6.45, 7) is 5.22. The van der Waals surface area contributed by atoms with Crippen molar-refractivity contribution in [3.8, 4) is 0 Å². The fourth-order valence-electron chi connectivity index (χ4n) is 4.02. The predicted molar refractivity (Wildman–Crippen MR) is 133 cm³/mol. The Morgan fingerprint density at radius 2 is 2.09 bits per heavy atom. The van der Waals surface area contributed by atoms with Gasteiger partial charge in [-0.05, 0) is 49.9 Å². The number of hydrogen-bond acceptors (Lipinski definition) is 5. The summed E-state index contributed by atoms with van der Waals surface area (Å²) in [4.78, 5) is 30.7. The van der Waals surface area contributed by atoms with E-state index in [1.807, 2.05) is 38.1 Å². The third-order valence-corrected chi connectivity index (χ3v) is 7.06. The second kappa shape index (κ2) is 10.7. The summed E-state index contributed by atoms with van der Waals surface area (Å²) in [5.74, 6) is 0.0587. The van der Waals surface area contributed by atoms with Gasteiger partial charge in [0, 0.05) is 11.6 Å². The van der Waals surface area contributed by atoms with Gasteiger partial charge in [0.05, 0.1) is 35.3 Å². The van der Waals surface area contributed by atoms with Gasteiger partial charge in [-0.1, -0.05) is 60.1 Å². The van der Waals surface area contributed by atoms with Crippen molar-refractivity contribution in [2.24, 2.45) is 0 Å². The Morgan fingerprint density at radius 3 is 2.79 bits per heavy atom. The van der Waals surface area contributed by atoms with E-state index in [1.54, 1.807) is 22.8 Å². The number of amides is 1. The normalized spacial score (nSPS) is 16.8. The number of nitrogens with zero attached hydrogens (tertiary/aromatic N) is 2. The molecule has 1 aromatic heterocycles. The Morgan fingerprint density at radius 1 is 1.30 bits per heavy atom. The standard InChI is InChI=1S/C25H28ClN3O3S/c1-3-21(17-8-6-16(2)7-9-17)27-23(30)15-33-25-28-22-13-18(26)10-11-20(22)24(31)29(25)14-19-5-4-12-32-19/h6-11,13,19,21H,3-5,12,14-15H2,1-2H3,(H,27,30). The van der Waals surface area contributed by atoms with Gasteiger partial charge in [0.15, 0.2) is 5.16 Å². The molecule has 2 unspecified atom stereocenters. The van der Waals surface area contributed by atoms with Crippen molar-refractivity contribution in [2.75, 3.05) is 12.4 Å². The number of ether oxygens (including phenoxy) is 1. The van der Waals surface area contributed by atoms with Crippen LogP contribution in [-0.4, -0.2) is 33.9 Å². The van der Waals surface area contributed by atoms with Crippen LogP contribution in [0, 0.1) is 6.92 Å². The van der Waals surface area contributed by atoms with E-state index >= 15 is 0 Å². The fraction of sp³-hybridized carbons (Fsp3) is 0.400. The number of fused-ring (bicyclic) bond motifs is 1. The first-order chi connectivity index (χ1) is 15.9. The Hall–Kier alpha value is -2.35. The van der Waals surface area contributed by atoms with Crippen LogP contribution in [0.2, 0.25) is 5.02 Å². The van der Waals surface area contributed by atoms with Crippen LogP contribution < -0.4 is 10.9 Å². The Kier molecular flexibility index (Phi) is 7.73. The van der Waals surface area contributed by atoms with Gasteiger partial charge >= 0.3 is 0 Å². The quantitative estimate of drug-likeness (QED) is 0.363. The molecule has 0 bridgehead atoms. The van der Waals surface area contributed by atoms with Gasteiger partial charge in [0.25, 0.3) is 5.56 Å². The highest BCUT2D eigenvalue weighted by Gasteiger charge is 2.21. The highest BCUT2D eigenvalue weighted by molar-refractivity contribution is 7.99. The molecule has 2 aromatic carbocycles. The molecule has 0 spiro atoms. The van der Waals surface area contributed by atoms with Crippen molar-refractivity contribution in [3.05, 3.63) is 69.0 Å². The van der Waals surface area contributed by atoms with Crippen molar-refractivity contribution in [2.45, 2.75) is 57.0 Å². The smallest absolute Gasteiger partial charge is 0.262 e. The minimum atomic E-state index is -0.138. The van der Waals surface area contributed by atoms with Crippen molar-refractivity contribution in [1.29, 1.82) is 0 Å². The molecule has 1 fully saturated rings. The lowest BCUT2D eigenvalue weighted by molar-refractivity contribution is -0.119. The molecule has 0 saturated carbocycles. The average molecular weight is 486 g/mol. The second-order valence-electron chi connectivity index (χ2n) is 8.33. The summed E-state index contributed by atoms with van der Waals surface area (Å²) in [5, 5.41) is 4.64. The van der Waals surface area contributed by atoms with Gasteiger partial charge in [-0.25, -0.2) is 4.98 Å². The first-order valence-corrected chi connectivity index (χ1v) is 12.6. The van der Waals surface area contributed by atoms with Crippen LogP contribution in [0.3, 0.4) is 0 Å². The van der Waals surface area contributed by atoms with E-state index in [1.165, 1.54) is 17.3 Å². The lowest BCUT2D eigenvalue weighted by Crippen LogP contribution is -2.31. The van der Waals surface area contributed by atoms with Crippen LogP contribution >= 0.6 is 23.4 Å². The molecule has 2 atom stereocenters. The van der Waals surface area contributed by atoms with Crippen molar-refractivity contribution in [1.82, 2.24) is 14.9 Å². The molecular formula is C25H28ClN3O3S. The average Bonchev–Trinajstić information content (AvgIpc) is 3.32. The lowest BCUT2D eigenvalue weighted by atomic mass is 10.0. The Balaban J connectivity index is 1.54. The molecule has 3 aromatic rings. The lowest BCUT2D eigenvalue weighted by Gasteiger charge is -2.19. The van der Waals surface area contributed by atoms with Crippen LogP contribution in [0.1, 0.15) is 43.4 Å². The first kappa shape index (κ1) is 23.8. The van der Waals surface area contributed by atoms with E-state index in [2.05, 4.69) is 10.3 Å². The second-order valence-corrected chi connectivity index (χ2v) is 9.71. The maximum Gasteiger partial charge on any atom is 0.262 e. The summed E-state index contributed by atoms with van der Waals surface area (Å²) in [6, 6.07) is 13.2. The molecule has 1 aliphatic heterocycles. The van der Waals surface area contributed by atoms with Crippen molar-refractivity contribution < 1.29 is 9.53 Å². The zero-order valence-electron chi connectivity index (χ0n) is 18.8. The summed E-state index contributed by atoms with van der Waals surface area (Å²) < 4.78 is 7.39. The number of carbonyl (C=O) groups excluding carboxylic acids is 1. The maximum absolute atomic E-state index is 13.2. The van der Waals surface area contributed by atoms with Crippen LogP contribution in [-0.2, 0) is 16.1 Å². The van der Waals surface area contributed by atoms with Gasteiger partial charge in [0.2, 0.25) is 5.91 Å². The van der Waals surface area contributed by atoms with Crippen molar-refractivity contribution >= 4 is 40.2 Å². The number of nitrogens with one attached hydrogen (secondary N) is 1. The zero-order chi connectivity index (χ0) is 23.4. The molecule has 1 N–H and O–H groups in total. The minimum absolute atomic E-state index is 0.0200. The SMILES string of the molecule is CCC(NC(=O)CSc1nc2cc(Cl)ccc2c(=O)n1CC1CCCO1)c1ccc(C)cc1. The van der Waals surface area contributed by atoms with E-state index in [-0.39, 0.29) is 29.4 Å². The Bertz CT molecular complexity index is 1190. The van der Waals surface area contributed by atoms with E-state index < -0.39 is 0 Å². The first-order valence-electron chi connectivity index (χ1n) is 11.2. The summed E-state index contributed by atoms with van der Waals surface area (Å²) in [6.07, 6.45) is 2.66. The minimum Gasteiger partial charge on any atom is -0.376 e. The molecule has 2 heterocycles. The number of benzene rings is 2. The highest BCUT2D eigenvalue weighted by atomic mass is 35.5. The summed E-state index contributed by atoms with van der Waals surface area (Å²) in [7, 11) is 0. The number of aromatic nitrogens is 2. The van der Waals surface area contributed by atoms with Gasteiger partial charge < -0.3 is 10.1 Å². The zero-order valence-corrected chi connectivity index (χ0v) is 20.4. The van der Waals surface area contributed by atoms with Crippen molar-refractivity contribution in [3.63, 3.8) is 0 Å². The summed E-state index contributed by atoms with van der Waals surface area (Å²) >= 11 is 7.39. The molecule has 1 saturated heterocycles. The van der Waals surface area contributed by atoms with Crippen LogP contribution in [0.4, 0.5) is 0 Å². The van der Waals surface area contributed by atoms with E-state index in [0.29, 0.717) is 34.2 Å². The maximum atomic E-state index is 13.2. The molecular weight excluding hydrogens is 458 g/mol. The summed E-state index contributed by atoms with van der Waals surface area (Å²) in [5.41, 5.74) is 2.66. The molecule has 174 valence electrons. The number of aryl methyl sites for hydroxylation is 1. The van der Waals surface area contributed by atoms with Crippen LogP contribution in [0.15, 0.2) is 52.4 Å². The van der Waals surface area contributed by atoms with Gasteiger partial charge in [-0.2, -0.15) is 0 Å². The Labute approximate surface area is 202 Å². The predicted octanol–water partition coefficient (Wildman–Crippen LogP) is 4.90. The molecule has 33 heavy (non-hydrogen) atoms. The number of rotatable bonds is 8. The third-order valence-electron chi connectivity index (χ3n) is 5.85. The number of thioether (sulfide) groups is 1. The van der Waals surface area contributed by atoms with Crippen LogP contribution in [0.25, 0.3) is 10.9 Å². The molecule has 1 amide bonds. The van der Waals surface area contributed by atoms with E-state index in [4.69, 9.17) is 16.3 Å². The molecule has 1 aliphatic rings. The van der Waals surface area contributed by atoms with Gasteiger partial charge in [-0.3, -0.25) is 14.2 Å². The highest BCUT2D eigenvalue weighted by Crippen LogP contribution is 2.23. The molecule has 0 aliphatic carbocycles. The molecule has 8 heteroatoms. The topological polar surface area (TPSA) is 73.2 Å². The van der Waals surface area contributed by atoms with E-state index in [9.17, 15) is 9.59 Å². The number of carbonyl (C=O) groups is 1. The van der Waals surface area contributed by atoms with Gasteiger partial charge in [0.1, 0.15) is 0 Å². The van der Waals surface area contributed by atoms with Gasteiger partial charge in [-0.15, -0.1) is 0 Å². The number of hydrogen-bond donors (Lipinski definition) is 1. The number of halogens is 1. The van der Waals surface area contributed by atoms with E-state index in [0.717, 1.165) is 24.8 Å². The molecule has 6 nitrogen and oxygen atoms in total. The fourth-order valence-corrected chi connectivity index (χ4v) is 5.01. The third kappa shape index (κ3) is 5.78. The van der Waals surface area contributed by atoms with Crippen LogP contribution in [0.5, 0.6) is 0 Å². The largest absolute Gasteiger partial charge is 0.376 e.